The molecule has 27 heavy (non-hydrogen) atoms. The van der Waals surface area contributed by atoms with Gasteiger partial charge < -0.3 is 24.4 Å². The van der Waals surface area contributed by atoms with Crippen LogP contribution in [0.5, 0.6) is 17.2 Å². The fourth-order valence-corrected chi connectivity index (χ4v) is 3.14. The number of ether oxygens (including phenoxy) is 3. The van der Waals surface area contributed by atoms with Gasteiger partial charge in [0.2, 0.25) is 11.7 Å². The van der Waals surface area contributed by atoms with Crippen LogP contribution in [0, 0.1) is 0 Å². The highest BCUT2D eigenvalue weighted by molar-refractivity contribution is 5.99. The Morgan fingerprint density at radius 1 is 1.04 bits per heavy atom. The first-order valence-corrected chi connectivity index (χ1v) is 8.53. The molecular weight excluding hydrogens is 348 g/mol. The molecule has 7 heteroatoms. The fourth-order valence-electron chi connectivity index (χ4n) is 3.14. The average Bonchev–Trinajstić information content (AvgIpc) is 3.07. The van der Waals surface area contributed by atoms with E-state index in [1.54, 1.807) is 17.0 Å². The van der Waals surface area contributed by atoms with E-state index in [1.165, 1.54) is 21.3 Å². The SMILES string of the molecule is COc1cc(C(=O)N[C@H]2CC(=O)N(c3ccccc3)C2)cc(OC)c1OC. The van der Waals surface area contributed by atoms with Gasteiger partial charge in [0.1, 0.15) is 0 Å². The Morgan fingerprint density at radius 3 is 2.22 bits per heavy atom. The minimum atomic E-state index is -0.304. The Balaban J connectivity index is 1.75. The predicted molar refractivity (Wildman–Crippen MR) is 101 cm³/mol. The Morgan fingerprint density at radius 2 is 1.67 bits per heavy atom. The van der Waals surface area contributed by atoms with Crippen LogP contribution in [0.3, 0.4) is 0 Å². The summed E-state index contributed by atoms with van der Waals surface area (Å²) in [5.74, 6) is 0.895. The van der Waals surface area contributed by atoms with Gasteiger partial charge in [-0.1, -0.05) is 18.2 Å². The molecule has 0 spiro atoms. The highest BCUT2D eigenvalue weighted by Crippen LogP contribution is 2.38. The van der Waals surface area contributed by atoms with Crippen molar-refractivity contribution in [2.24, 2.45) is 0 Å². The lowest BCUT2D eigenvalue weighted by Crippen LogP contribution is -2.37. The molecular formula is C20H22N2O5. The third-order valence-electron chi connectivity index (χ3n) is 4.46. The van der Waals surface area contributed by atoms with Crippen molar-refractivity contribution in [3.63, 3.8) is 0 Å². The van der Waals surface area contributed by atoms with Gasteiger partial charge in [-0.25, -0.2) is 0 Å². The third kappa shape index (κ3) is 3.81. The lowest BCUT2D eigenvalue weighted by molar-refractivity contribution is -0.117. The Bertz CT molecular complexity index is 813. The smallest absolute Gasteiger partial charge is 0.251 e. The van der Waals surface area contributed by atoms with Crippen LogP contribution in [-0.4, -0.2) is 45.7 Å². The summed E-state index contributed by atoms with van der Waals surface area (Å²) in [4.78, 5) is 26.7. The van der Waals surface area contributed by atoms with Gasteiger partial charge >= 0.3 is 0 Å². The molecule has 1 atom stereocenters. The zero-order chi connectivity index (χ0) is 19.4. The second kappa shape index (κ2) is 7.99. The van der Waals surface area contributed by atoms with E-state index in [0.29, 0.717) is 29.4 Å². The lowest BCUT2D eigenvalue weighted by Gasteiger charge is -2.18. The van der Waals surface area contributed by atoms with Gasteiger partial charge in [0.25, 0.3) is 5.91 Å². The van der Waals surface area contributed by atoms with E-state index in [9.17, 15) is 9.59 Å². The van der Waals surface area contributed by atoms with Crippen molar-refractivity contribution >= 4 is 17.5 Å². The molecule has 0 unspecified atom stereocenters. The molecule has 0 aromatic heterocycles. The van der Waals surface area contributed by atoms with Crippen LogP contribution in [0.4, 0.5) is 5.69 Å². The van der Waals surface area contributed by atoms with Gasteiger partial charge in [0.15, 0.2) is 11.5 Å². The summed E-state index contributed by atoms with van der Waals surface area (Å²) < 4.78 is 15.8. The average molecular weight is 370 g/mol. The van der Waals surface area contributed by atoms with E-state index in [1.807, 2.05) is 30.3 Å². The molecule has 0 aliphatic carbocycles. The van der Waals surface area contributed by atoms with E-state index in [4.69, 9.17) is 14.2 Å². The molecule has 2 aromatic carbocycles. The highest BCUT2D eigenvalue weighted by atomic mass is 16.5. The number of methoxy groups -OCH3 is 3. The zero-order valence-corrected chi connectivity index (χ0v) is 15.5. The number of carbonyl (C=O) groups is 2. The second-order valence-corrected chi connectivity index (χ2v) is 6.13. The van der Waals surface area contributed by atoms with Crippen LogP contribution in [0.1, 0.15) is 16.8 Å². The summed E-state index contributed by atoms with van der Waals surface area (Å²) in [5, 5.41) is 2.91. The maximum absolute atomic E-state index is 12.7. The largest absolute Gasteiger partial charge is 0.493 e. The number of hydrogen-bond donors (Lipinski definition) is 1. The van der Waals surface area contributed by atoms with Crippen LogP contribution in [0.2, 0.25) is 0 Å². The van der Waals surface area contributed by atoms with E-state index in [-0.39, 0.29) is 24.3 Å². The maximum atomic E-state index is 12.7. The first kappa shape index (κ1) is 18.6. The molecule has 2 aromatic rings. The van der Waals surface area contributed by atoms with Crippen LogP contribution in [0.25, 0.3) is 0 Å². The Kier molecular flexibility index (Phi) is 5.49. The molecule has 3 rings (SSSR count). The predicted octanol–water partition coefficient (Wildman–Crippen LogP) is 2.25. The molecule has 0 saturated carbocycles. The lowest BCUT2D eigenvalue weighted by atomic mass is 10.1. The zero-order valence-electron chi connectivity index (χ0n) is 15.5. The number of carbonyl (C=O) groups excluding carboxylic acids is 2. The number of rotatable bonds is 6. The normalized spacial score (nSPS) is 16.2. The Hall–Kier alpha value is -3.22. The van der Waals surface area contributed by atoms with Gasteiger partial charge in [-0.05, 0) is 24.3 Å². The minimum absolute atomic E-state index is 0.0172. The van der Waals surface area contributed by atoms with Gasteiger partial charge in [-0.15, -0.1) is 0 Å². The summed E-state index contributed by atoms with van der Waals surface area (Å²) in [7, 11) is 4.49. The van der Waals surface area contributed by atoms with Crippen LogP contribution >= 0.6 is 0 Å². The first-order valence-electron chi connectivity index (χ1n) is 8.53. The van der Waals surface area contributed by atoms with Crippen molar-refractivity contribution in [2.45, 2.75) is 12.5 Å². The highest BCUT2D eigenvalue weighted by Gasteiger charge is 2.32. The molecule has 0 bridgehead atoms. The molecule has 0 radical (unpaired) electrons. The van der Waals surface area contributed by atoms with Crippen LogP contribution in [-0.2, 0) is 4.79 Å². The molecule has 2 amide bonds. The number of nitrogens with zero attached hydrogens (tertiary/aromatic N) is 1. The number of nitrogens with one attached hydrogen (secondary N) is 1. The quantitative estimate of drug-likeness (QED) is 0.844. The fraction of sp³-hybridized carbons (Fsp3) is 0.300. The van der Waals surface area contributed by atoms with Crippen molar-refractivity contribution < 1.29 is 23.8 Å². The third-order valence-corrected chi connectivity index (χ3v) is 4.46. The molecule has 1 fully saturated rings. The molecule has 1 heterocycles. The number of para-hydroxylation sites is 1. The van der Waals surface area contributed by atoms with Gasteiger partial charge in [0.05, 0.1) is 27.4 Å². The minimum Gasteiger partial charge on any atom is -0.493 e. The molecule has 7 nitrogen and oxygen atoms in total. The first-order chi connectivity index (χ1) is 13.1. The van der Waals surface area contributed by atoms with E-state index >= 15 is 0 Å². The van der Waals surface area contributed by atoms with Crippen molar-refractivity contribution in [2.75, 3.05) is 32.8 Å². The van der Waals surface area contributed by atoms with Crippen molar-refractivity contribution in [3.8, 4) is 17.2 Å². The molecule has 1 aliphatic rings. The second-order valence-electron chi connectivity index (χ2n) is 6.13. The van der Waals surface area contributed by atoms with E-state index in [2.05, 4.69) is 5.32 Å². The number of anilines is 1. The summed E-state index contributed by atoms with van der Waals surface area (Å²) in [6.07, 6.45) is 0.255. The monoisotopic (exact) mass is 370 g/mol. The van der Waals surface area contributed by atoms with Crippen LogP contribution in [0.15, 0.2) is 42.5 Å². The topological polar surface area (TPSA) is 77.1 Å². The summed E-state index contributed by atoms with van der Waals surface area (Å²) in [5.41, 5.74) is 1.20. The standard InChI is InChI=1S/C20H22N2O5/c1-25-16-9-13(10-17(26-2)19(16)27-3)20(24)21-14-11-18(23)22(12-14)15-7-5-4-6-8-15/h4-10,14H,11-12H2,1-3H3,(H,21,24)/t14-/m0/s1. The van der Waals surface area contributed by atoms with Crippen molar-refractivity contribution in [1.29, 1.82) is 0 Å². The Labute approximate surface area is 157 Å². The van der Waals surface area contributed by atoms with E-state index in [0.717, 1.165) is 5.69 Å². The maximum Gasteiger partial charge on any atom is 0.251 e. The van der Waals surface area contributed by atoms with E-state index < -0.39 is 0 Å². The van der Waals surface area contributed by atoms with Gasteiger partial charge in [0, 0.05) is 24.2 Å². The van der Waals surface area contributed by atoms with Gasteiger partial charge in [-0.2, -0.15) is 0 Å². The van der Waals surface area contributed by atoms with Crippen molar-refractivity contribution in [1.82, 2.24) is 5.32 Å². The van der Waals surface area contributed by atoms with Crippen molar-refractivity contribution in [3.05, 3.63) is 48.0 Å². The molecule has 1 N–H and O–H groups in total. The summed E-state index contributed by atoms with van der Waals surface area (Å²) >= 11 is 0. The summed E-state index contributed by atoms with van der Waals surface area (Å²) in [6, 6.07) is 12.3. The number of benzene rings is 2. The van der Waals surface area contributed by atoms with Gasteiger partial charge in [-0.3, -0.25) is 9.59 Å². The molecule has 1 aliphatic heterocycles. The number of hydrogen-bond acceptors (Lipinski definition) is 5. The summed E-state index contributed by atoms with van der Waals surface area (Å²) in [6.45, 7) is 0.430. The number of amides is 2. The molecule has 1 saturated heterocycles. The molecule has 142 valence electrons. The van der Waals surface area contributed by atoms with Crippen LogP contribution < -0.4 is 24.4 Å².